The highest BCUT2D eigenvalue weighted by Gasteiger charge is 2.43. The molecule has 3 N–H and O–H groups in total. The number of nitrogens with one attached hydrogen (secondary N) is 1. The smallest absolute Gasteiger partial charge is 0.220 e. The van der Waals surface area contributed by atoms with Crippen molar-refractivity contribution in [3.63, 3.8) is 0 Å². The molecule has 180 valence electrons. The second-order valence-corrected chi connectivity index (χ2v) is 13.2. The number of amides is 1. The molecule has 1 aliphatic heterocycles. The number of carbonyl (C=O) groups is 1. The molecule has 1 amide bonds. The monoisotopic (exact) mass is 501 g/mol. The van der Waals surface area contributed by atoms with Gasteiger partial charge in [-0.15, -0.1) is 0 Å². The quantitative estimate of drug-likeness (QED) is 0.365. The van der Waals surface area contributed by atoms with Crippen LogP contribution in [-0.2, 0) is 20.5 Å². The van der Waals surface area contributed by atoms with Crippen LogP contribution in [0.25, 0.3) is 11.2 Å². The molecule has 0 spiro atoms. The number of hydrogen-bond acceptors (Lipinski definition) is 6. The highest BCUT2D eigenvalue weighted by atomic mass is 35.5. The summed E-state index contributed by atoms with van der Waals surface area (Å²) in [6.07, 6.45) is 4.15. The van der Waals surface area contributed by atoms with Crippen LogP contribution in [0.15, 0.2) is 30.3 Å². The summed E-state index contributed by atoms with van der Waals surface area (Å²) in [5.41, 5.74) is 8.27. The fraction of sp³-hybridized carbons (Fsp3) is 0.458. The molecule has 0 radical (unpaired) electrons. The fourth-order valence-corrected chi connectivity index (χ4v) is 6.14. The van der Waals surface area contributed by atoms with Gasteiger partial charge >= 0.3 is 0 Å². The van der Waals surface area contributed by atoms with Gasteiger partial charge in [0.2, 0.25) is 5.91 Å². The lowest BCUT2D eigenvalue weighted by molar-refractivity contribution is -0.119. The van der Waals surface area contributed by atoms with Crippen molar-refractivity contribution < 1.29 is 14.1 Å². The number of carbonyl (C=O) groups excluding carboxylic acids is 1. The minimum atomic E-state index is -2.52. The van der Waals surface area contributed by atoms with Gasteiger partial charge in [0.15, 0.2) is 5.65 Å². The van der Waals surface area contributed by atoms with E-state index >= 15 is 0 Å². The third kappa shape index (κ3) is 4.59. The zero-order valence-electron chi connectivity index (χ0n) is 19.3. The summed E-state index contributed by atoms with van der Waals surface area (Å²) in [5, 5.41) is 4.50. The summed E-state index contributed by atoms with van der Waals surface area (Å²) in [7, 11) is -2.52. The SMILES string of the molecule is CP(C)(=O)c1ccccc1Nc1cc(Cl)nc2c1nc(CC1CC1C(N)=O)n2C1CCCCO1. The number of ether oxygens (including phenoxy) is 1. The van der Waals surface area contributed by atoms with Crippen LogP contribution in [-0.4, -0.2) is 40.4 Å². The van der Waals surface area contributed by atoms with Gasteiger partial charge in [-0.25, -0.2) is 9.97 Å². The molecule has 2 aliphatic rings. The Morgan fingerprint density at radius 3 is 2.74 bits per heavy atom. The van der Waals surface area contributed by atoms with E-state index in [9.17, 15) is 9.36 Å². The number of nitrogens with two attached hydrogens (primary N) is 1. The number of primary amides is 1. The molecule has 3 atom stereocenters. The molecule has 10 heteroatoms. The zero-order valence-corrected chi connectivity index (χ0v) is 21.0. The maximum atomic E-state index is 12.9. The molecule has 1 aromatic carbocycles. The van der Waals surface area contributed by atoms with E-state index in [1.807, 2.05) is 28.8 Å². The standard InChI is InChI=1S/C24H29ClN5O3P/c1-34(2,32)18-8-4-3-7-16(18)27-17-13-19(25)28-24-22(17)29-20(12-14-11-15(14)23(26)31)30(24)21-9-5-6-10-33-21/h3-4,7-8,13-15,21H,5-6,9-12H2,1-2H3,(H2,26,31)(H,27,28). The Balaban J connectivity index is 1.60. The molecule has 1 saturated carbocycles. The first-order valence-corrected chi connectivity index (χ1v) is 14.6. The van der Waals surface area contributed by atoms with E-state index in [0.29, 0.717) is 35.0 Å². The Kier molecular flexibility index (Phi) is 6.17. The second-order valence-electron chi connectivity index (χ2n) is 9.59. The van der Waals surface area contributed by atoms with Gasteiger partial charge in [0.05, 0.1) is 5.69 Å². The summed E-state index contributed by atoms with van der Waals surface area (Å²) in [5.74, 6) is 0.629. The van der Waals surface area contributed by atoms with E-state index in [1.54, 1.807) is 19.4 Å². The maximum Gasteiger partial charge on any atom is 0.220 e. The number of benzene rings is 1. The number of para-hydroxylation sites is 1. The molecular weight excluding hydrogens is 473 g/mol. The van der Waals surface area contributed by atoms with Crippen LogP contribution in [0.3, 0.4) is 0 Å². The van der Waals surface area contributed by atoms with Gasteiger partial charge in [-0.05, 0) is 57.1 Å². The van der Waals surface area contributed by atoms with Crippen molar-refractivity contribution in [1.29, 1.82) is 0 Å². The van der Waals surface area contributed by atoms with Gasteiger partial charge in [0.25, 0.3) is 0 Å². The van der Waals surface area contributed by atoms with Crippen LogP contribution in [0.1, 0.15) is 37.7 Å². The summed E-state index contributed by atoms with van der Waals surface area (Å²) < 4.78 is 21.0. The molecule has 8 nitrogen and oxygen atoms in total. The largest absolute Gasteiger partial charge is 0.369 e. The van der Waals surface area contributed by atoms with Crippen molar-refractivity contribution in [2.24, 2.45) is 17.6 Å². The van der Waals surface area contributed by atoms with Gasteiger partial charge in [-0.2, -0.15) is 0 Å². The highest BCUT2D eigenvalue weighted by Crippen LogP contribution is 2.43. The van der Waals surface area contributed by atoms with Crippen molar-refractivity contribution in [2.45, 2.75) is 38.3 Å². The molecule has 5 rings (SSSR count). The minimum Gasteiger partial charge on any atom is -0.369 e. The van der Waals surface area contributed by atoms with Gasteiger partial charge in [-0.1, -0.05) is 23.7 Å². The molecule has 2 fully saturated rings. The first-order chi connectivity index (χ1) is 16.2. The minimum absolute atomic E-state index is 0.107. The molecule has 2 aromatic heterocycles. The predicted molar refractivity (Wildman–Crippen MR) is 135 cm³/mol. The number of rotatable bonds is 7. The Morgan fingerprint density at radius 1 is 1.26 bits per heavy atom. The Morgan fingerprint density at radius 2 is 2.06 bits per heavy atom. The lowest BCUT2D eigenvalue weighted by atomic mass is 10.1. The fourth-order valence-electron chi connectivity index (χ4n) is 4.80. The number of imidazole rings is 1. The summed E-state index contributed by atoms with van der Waals surface area (Å²) in [4.78, 5) is 21.2. The number of fused-ring (bicyclic) bond motifs is 1. The van der Waals surface area contributed by atoms with E-state index in [0.717, 1.165) is 42.5 Å². The average Bonchev–Trinajstić information content (AvgIpc) is 3.47. The normalized spacial score (nSPS) is 22.6. The predicted octanol–water partition coefficient (Wildman–Crippen LogP) is 4.44. The number of aromatic nitrogens is 3. The third-order valence-corrected chi connectivity index (χ3v) is 8.36. The summed E-state index contributed by atoms with van der Waals surface area (Å²) in [6.45, 7) is 4.18. The van der Waals surface area contributed by atoms with Crippen LogP contribution in [0.2, 0.25) is 5.15 Å². The van der Waals surface area contributed by atoms with Crippen molar-refractivity contribution in [3.8, 4) is 0 Å². The molecule has 1 saturated heterocycles. The second kappa shape index (κ2) is 8.99. The van der Waals surface area contributed by atoms with Crippen molar-refractivity contribution >= 4 is 52.5 Å². The first kappa shape index (κ1) is 23.3. The Bertz CT molecular complexity index is 1300. The van der Waals surface area contributed by atoms with Crippen molar-refractivity contribution in [2.75, 3.05) is 25.3 Å². The Labute approximate surface area is 203 Å². The third-order valence-electron chi connectivity index (χ3n) is 6.62. The zero-order chi connectivity index (χ0) is 24.0. The maximum absolute atomic E-state index is 12.9. The molecule has 3 unspecified atom stereocenters. The van der Waals surface area contributed by atoms with E-state index < -0.39 is 7.14 Å². The summed E-state index contributed by atoms with van der Waals surface area (Å²) in [6, 6.07) is 9.30. The number of halogens is 1. The number of nitrogens with zero attached hydrogens (tertiary/aromatic N) is 3. The van der Waals surface area contributed by atoms with Crippen molar-refractivity contribution in [3.05, 3.63) is 41.3 Å². The van der Waals surface area contributed by atoms with Gasteiger partial charge in [0, 0.05) is 36.0 Å². The van der Waals surface area contributed by atoms with Gasteiger partial charge < -0.3 is 20.4 Å². The summed E-state index contributed by atoms with van der Waals surface area (Å²) >= 11 is 6.47. The van der Waals surface area contributed by atoms with Crippen LogP contribution < -0.4 is 16.4 Å². The molecule has 3 heterocycles. The number of anilines is 2. The lowest BCUT2D eigenvalue weighted by Gasteiger charge is -2.25. The number of pyridine rings is 1. The van der Waals surface area contributed by atoms with E-state index in [2.05, 4.69) is 10.3 Å². The first-order valence-electron chi connectivity index (χ1n) is 11.6. The van der Waals surface area contributed by atoms with E-state index in [-0.39, 0.29) is 24.0 Å². The van der Waals surface area contributed by atoms with Crippen LogP contribution in [0, 0.1) is 11.8 Å². The average molecular weight is 502 g/mol. The molecule has 3 aromatic rings. The molecular formula is C24H29ClN5O3P. The highest BCUT2D eigenvalue weighted by molar-refractivity contribution is 7.70. The van der Waals surface area contributed by atoms with Crippen molar-refractivity contribution in [1.82, 2.24) is 14.5 Å². The van der Waals surface area contributed by atoms with Gasteiger partial charge in [-0.3, -0.25) is 9.36 Å². The van der Waals surface area contributed by atoms with Crippen LogP contribution in [0.5, 0.6) is 0 Å². The molecule has 1 aliphatic carbocycles. The Hall–Kier alpha value is -2.41. The number of hydrogen-bond donors (Lipinski definition) is 2. The van der Waals surface area contributed by atoms with E-state index in [4.69, 9.17) is 27.1 Å². The topological polar surface area (TPSA) is 112 Å². The van der Waals surface area contributed by atoms with E-state index in [1.165, 1.54) is 0 Å². The lowest BCUT2D eigenvalue weighted by Crippen LogP contribution is -2.21. The van der Waals surface area contributed by atoms with Crippen LogP contribution in [0.4, 0.5) is 11.4 Å². The van der Waals surface area contributed by atoms with Gasteiger partial charge in [0.1, 0.15) is 29.9 Å². The molecule has 0 bridgehead atoms. The van der Waals surface area contributed by atoms with Crippen LogP contribution >= 0.6 is 18.7 Å². The molecule has 34 heavy (non-hydrogen) atoms.